The van der Waals surface area contributed by atoms with Gasteiger partial charge in [0.25, 0.3) is 0 Å². The van der Waals surface area contributed by atoms with Gasteiger partial charge in [-0.3, -0.25) is 0 Å². The molecule has 18 heavy (non-hydrogen) atoms. The van der Waals surface area contributed by atoms with Crippen LogP contribution in [0.25, 0.3) is 10.9 Å². The molecule has 1 atom stereocenters. The second kappa shape index (κ2) is 4.70. The average Bonchev–Trinajstić information content (AvgIpc) is 3.05. The van der Waals surface area contributed by atoms with Gasteiger partial charge in [-0.25, -0.2) is 0 Å². The monoisotopic (exact) mass is 240 g/mol. The zero-order valence-electron chi connectivity index (χ0n) is 10.3. The normalized spacial score (nSPS) is 12.9. The van der Waals surface area contributed by atoms with Crippen molar-refractivity contribution in [2.45, 2.75) is 19.5 Å². The second-order valence-electron chi connectivity index (χ2n) is 4.52. The minimum absolute atomic E-state index is 0.222. The standard InChI is InChI=1S/C15H16N2O/c1-11(15-3-2-8-18-15)17-10-12-4-5-13-6-7-16-14(13)9-12/h2-9,11,16-17H,10H2,1H3. The van der Waals surface area contributed by atoms with Crippen molar-refractivity contribution < 1.29 is 4.42 Å². The summed E-state index contributed by atoms with van der Waals surface area (Å²) >= 11 is 0. The lowest BCUT2D eigenvalue weighted by Gasteiger charge is -2.11. The van der Waals surface area contributed by atoms with Gasteiger partial charge in [0, 0.05) is 18.3 Å². The fourth-order valence-corrected chi connectivity index (χ4v) is 2.11. The maximum absolute atomic E-state index is 5.37. The summed E-state index contributed by atoms with van der Waals surface area (Å²) in [6, 6.07) is 12.7. The Morgan fingerprint density at radius 2 is 2.22 bits per heavy atom. The molecule has 0 saturated carbocycles. The van der Waals surface area contributed by atoms with Crippen molar-refractivity contribution in [1.29, 1.82) is 0 Å². The van der Waals surface area contributed by atoms with Gasteiger partial charge < -0.3 is 14.7 Å². The molecule has 0 saturated heterocycles. The predicted molar refractivity (Wildman–Crippen MR) is 72.3 cm³/mol. The molecule has 2 N–H and O–H groups in total. The van der Waals surface area contributed by atoms with E-state index < -0.39 is 0 Å². The quantitative estimate of drug-likeness (QED) is 0.731. The molecule has 2 heterocycles. The summed E-state index contributed by atoms with van der Waals surface area (Å²) in [5.41, 5.74) is 2.45. The Hall–Kier alpha value is -2.00. The van der Waals surface area contributed by atoms with E-state index in [1.165, 1.54) is 16.5 Å². The van der Waals surface area contributed by atoms with E-state index in [9.17, 15) is 0 Å². The lowest BCUT2D eigenvalue weighted by molar-refractivity contribution is 0.430. The van der Waals surface area contributed by atoms with E-state index in [1.807, 2.05) is 18.3 Å². The third-order valence-electron chi connectivity index (χ3n) is 3.20. The number of benzene rings is 1. The maximum Gasteiger partial charge on any atom is 0.120 e. The van der Waals surface area contributed by atoms with Crippen molar-refractivity contribution in [3.63, 3.8) is 0 Å². The smallest absolute Gasteiger partial charge is 0.120 e. The van der Waals surface area contributed by atoms with Crippen molar-refractivity contribution in [2.75, 3.05) is 0 Å². The van der Waals surface area contributed by atoms with Gasteiger partial charge in [-0.1, -0.05) is 12.1 Å². The minimum Gasteiger partial charge on any atom is -0.468 e. The first-order valence-corrected chi connectivity index (χ1v) is 6.16. The van der Waals surface area contributed by atoms with Crippen LogP contribution in [-0.4, -0.2) is 4.98 Å². The van der Waals surface area contributed by atoms with Crippen LogP contribution in [0.15, 0.2) is 53.3 Å². The van der Waals surface area contributed by atoms with Gasteiger partial charge in [-0.2, -0.15) is 0 Å². The zero-order chi connectivity index (χ0) is 12.4. The molecule has 0 amide bonds. The summed E-state index contributed by atoms with van der Waals surface area (Å²) in [7, 11) is 0. The fraction of sp³-hybridized carbons (Fsp3) is 0.200. The molecular weight excluding hydrogens is 224 g/mol. The summed E-state index contributed by atoms with van der Waals surface area (Å²) in [5, 5.41) is 4.70. The zero-order valence-corrected chi connectivity index (χ0v) is 10.3. The topological polar surface area (TPSA) is 41.0 Å². The summed E-state index contributed by atoms with van der Waals surface area (Å²) in [5.74, 6) is 0.968. The Morgan fingerprint density at radius 1 is 1.28 bits per heavy atom. The third-order valence-corrected chi connectivity index (χ3v) is 3.20. The van der Waals surface area contributed by atoms with Crippen LogP contribution in [0.5, 0.6) is 0 Å². The molecule has 2 aromatic heterocycles. The Balaban J connectivity index is 1.69. The van der Waals surface area contributed by atoms with Crippen LogP contribution in [-0.2, 0) is 6.54 Å². The first-order chi connectivity index (χ1) is 8.83. The van der Waals surface area contributed by atoms with E-state index in [4.69, 9.17) is 4.42 Å². The van der Waals surface area contributed by atoms with Crippen LogP contribution in [0.2, 0.25) is 0 Å². The van der Waals surface area contributed by atoms with Crippen molar-refractivity contribution >= 4 is 10.9 Å². The van der Waals surface area contributed by atoms with Gasteiger partial charge in [0.05, 0.1) is 12.3 Å². The van der Waals surface area contributed by atoms with Crippen LogP contribution >= 0.6 is 0 Å². The Labute approximate surface area is 106 Å². The minimum atomic E-state index is 0.222. The van der Waals surface area contributed by atoms with E-state index in [-0.39, 0.29) is 6.04 Å². The number of hydrogen-bond donors (Lipinski definition) is 2. The molecular formula is C15H16N2O. The fourth-order valence-electron chi connectivity index (χ4n) is 2.11. The molecule has 0 aliphatic carbocycles. The summed E-state index contributed by atoms with van der Waals surface area (Å²) in [4.78, 5) is 3.23. The molecule has 0 aliphatic heterocycles. The number of hydrogen-bond acceptors (Lipinski definition) is 2. The number of aromatic amines is 1. The highest BCUT2D eigenvalue weighted by Gasteiger charge is 2.07. The van der Waals surface area contributed by atoms with Crippen LogP contribution in [0.1, 0.15) is 24.3 Å². The first-order valence-electron chi connectivity index (χ1n) is 6.16. The molecule has 0 radical (unpaired) electrons. The Kier molecular flexibility index (Phi) is 2.90. The molecule has 0 bridgehead atoms. The lowest BCUT2D eigenvalue weighted by Crippen LogP contribution is -2.17. The molecule has 0 aliphatic rings. The van der Waals surface area contributed by atoms with Crippen LogP contribution in [0.4, 0.5) is 0 Å². The highest BCUT2D eigenvalue weighted by molar-refractivity contribution is 5.79. The first kappa shape index (κ1) is 11.1. The van der Waals surface area contributed by atoms with Crippen LogP contribution in [0, 0.1) is 0 Å². The van der Waals surface area contributed by atoms with Crippen molar-refractivity contribution in [3.8, 4) is 0 Å². The molecule has 1 unspecified atom stereocenters. The molecule has 92 valence electrons. The molecule has 1 aromatic carbocycles. The third kappa shape index (κ3) is 2.17. The molecule has 0 spiro atoms. The lowest BCUT2D eigenvalue weighted by atomic mass is 10.1. The number of furan rings is 1. The number of H-pyrrole nitrogens is 1. The number of aromatic nitrogens is 1. The molecule has 3 aromatic rings. The van der Waals surface area contributed by atoms with Crippen molar-refractivity contribution in [2.24, 2.45) is 0 Å². The van der Waals surface area contributed by atoms with Gasteiger partial charge in [0.15, 0.2) is 0 Å². The van der Waals surface area contributed by atoms with Gasteiger partial charge in [-0.05, 0) is 42.1 Å². The van der Waals surface area contributed by atoms with Gasteiger partial charge in [0.2, 0.25) is 0 Å². The molecule has 3 rings (SSSR count). The average molecular weight is 240 g/mol. The van der Waals surface area contributed by atoms with E-state index >= 15 is 0 Å². The van der Waals surface area contributed by atoms with E-state index in [0.717, 1.165) is 12.3 Å². The van der Waals surface area contributed by atoms with E-state index in [1.54, 1.807) is 6.26 Å². The van der Waals surface area contributed by atoms with Gasteiger partial charge in [0.1, 0.15) is 5.76 Å². The van der Waals surface area contributed by atoms with E-state index in [0.29, 0.717) is 0 Å². The van der Waals surface area contributed by atoms with Gasteiger partial charge in [-0.15, -0.1) is 0 Å². The molecule has 3 heteroatoms. The van der Waals surface area contributed by atoms with Gasteiger partial charge >= 0.3 is 0 Å². The van der Waals surface area contributed by atoms with E-state index in [2.05, 4.69) is 41.5 Å². The number of nitrogens with one attached hydrogen (secondary N) is 2. The maximum atomic E-state index is 5.37. The van der Waals surface area contributed by atoms with Crippen LogP contribution < -0.4 is 5.32 Å². The number of fused-ring (bicyclic) bond motifs is 1. The summed E-state index contributed by atoms with van der Waals surface area (Å²) in [6.07, 6.45) is 3.67. The Morgan fingerprint density at radius 3 is 3.06 bits per heavy atom. The largest absolute Gasteiger partial charge is 0.468 e. The highest BCUT2D eigenvalue weighted by atomic mass is 16.3. The Bertz CT molecular complexity index is 625. The van der Waals surface area contributed by atoms with Crippen molar-refractivity contribution in [3.05, 3.63) is 60.2 Å². The number of rotatable bonds is 4. The molecule has 3 nitrogen and oxygen atoms in total. The van der Waals surface area contributed by atoms with Crippen molar-refractivity contribution in [1.82, 2.24) is 10.3 Å². The molecule has 0 fully saturated rings. The summed E-state index contributed by atoms with van der Waals surface area (Å²) < 4.78 is 5.37. The summed E-state index contributed by atoms with van der Waals surface area (Å²) in [6.45, 7) is 2.93. The predicted octanol–water partition coefficient (Wildman–Crippen LogP) is 3.61. The second-order valence-corrected chi connectivity index (χ2v) is 4.52. The SMILES string of the molecule is CC(NCc1ccc2cc[nH]c2c1)c1ccco1. The van der Waals surface area contributed by atoms with Crippen LogP contribution in [0.3, 0.4) is 0 Å². The highest BCUT2D eigenvalue weighted by Crippen LogP contribution is 2.16.